The van der Waals surface area contributed by atoms with Crippen molar-refractivity contribution in [1.82, 2.24) is 4.98 Å². The van der Waals surface area contributed by atoms with E-state index in [0.29, 0.717) is 0 Å². The van der Waals surface area contributed by atoms with Gasteiger partial charge >= 0.3 is 0 Å². The molecule has 3 heteroatoms. The summed E-state index contributed by atoms with van der Waals surface area (Å²) in [5, 5.41) is 0. The van der Waals surface area contributed by atoms with Crippen LogP contribution < -0.4 is 10.2 Å². The SMILES string of the molecule is CC(C)Oc1ccccc1-c1cc(=O)cc[nH]1. The van der Waals surface area contributed by atoms with Crippen molar-refractivity contribution in [3.8, 4) is 17.0 Å². The van der Waals surface area contributed by atoms with E-state index in [0.717, 1.165) is 17.0 Å². The quantitative estimate of drug-likeness (QED) is 0.879. The lowest BCUT2D eigenvalue weighted by Gasteiger charge is -2.13. The second-order valence-corrected chi connectivity index (χ2v) is 4.10. The number of aromatic amines is 1. The Kier molecular flexibility index (Phi) is 3.28. The van der Waals surface area contributed by atoms with Gasteiger partial charge in [-0.1, -0.05) is 12.1 Å². The maximum Gasteiger partial charge on any atom is 0.182 e. The molecule has 1 aromatic carbocycles. The van der Waals surface area contributed by atoms with Gasteiger partial charge < -0.3 is 9.72 Å². The number of hydrogen-bond acceptors (Lipinski definition) is 2. The van der Waals surface area contributed by atoms with Gasteiger partial charge in [0.1, 0.15) is 5.75 Å². The topological polar surface area (TPSA) is 42.1 Å². The molecule has 1 N–H and O–H groups in total. The molecular weight excluding hydrogens is 214 g/mol. The number of hydrogen-bond donors (Lipinski definition) is 1. The van der Waals surface area contributed by atoms with Gasteiger partial charge in [0.25, 0.3) is 0 Å². The van der Waals surface area contributed by atoms with Crippen molar-refractivity contribution in [3.05, 3.63) is 52.8 Å². The third-order valence-corrected chi connectivity index (χ3v) is 2.31. The Labute approximate surface area is 100 Å². The largest absolute Gasteiger partial charge is 0.490 e. The molecule has 0 saturated carbocycles. The van der Waals surface area contributed by atoms with Crippen LogP contribution in [0.4, 0.5) is 0 Å². The summed E-state index contributed by atoms with van der Waals surface area (Å²) in [6, 6.07) is 10.7. The number of rotatable bonds is 3. The molecule has 0 bridgehead atoms. The molecule has 0 fully saturated rings. The summed E-state index contributed by atoms with van der Waals surface area (Å²) in [4.78, 5) is 14.4. The fraction of sp³-hybridized carbons (Fsp3) is 0.214. The Morgan fingerprint density at radius 1 is 1.18 bits per heavy atom. The maximum atomic E-state index is 11.3. The summed E-state index contributed by atoms with van der Waals surface area (Å²) >= 11 is 0. The van der Waals surface area contributed by atoms with E-state index < -0.39 is 0 Å². The van der Waals surface area contributed by atoms with E-state index in [1.165, 1.54) is 6.07 Å². The van der Waals surface area contributed by atoms with Crippen molar-refractivity contribution in [2.75, 3.05) is 0 Å². The number of pyridine rings is 1. The Balaban J connectivity index is 2.48. The minimum absolute atomic E-state index is 0.0156. The van der Waals surface area contributed by atoms with Gasteiger partial charge in [0.2, 0.25) is 0 Å². The fourth-order valence-corrected chi connectivity index (χ4v) is 1.65. The van der Waals surface area contributed by atoms with Crippen LogP contribution in [0.15, 0.2) is 47.4 Å². The van der Waals surface area contributed by atoms with E-state index in [1.807, 2.05) is 38.1 Å². The summed E-state index contributed by atoms with van der Waals surface area (Å²) in [7, 11) is 0. The zero-order valence-corrected chi connectivity index (χ0v) is 9.94. The summed E-state index contributed by atoms with van der Waals surface area (Å²) in [5.74, 6) is 0.782. The van der Waals surface area contributed by atoms with E-state index >= 15 is 0 Å². The summed E-state index contributed by atoms with van der Waals surface area (Å²) < 4.78 is 5.72. The Morgan fingerprint density at radius 2 is 1.94 bits per heavy atom. The highest BCUT2D eigenvalue weighted by molar-refractivity contribution is 5.66. The Bertz CT molecular complexity index is 558. The van der Waals surface area contributed by atoms with E-state index in [4.69, 9.17) is 4.74 Å². The monoisotopic (exact) mass is 229 g/mol. The van der Waals surface area contributed by atoms with Crippen LogP contribution in [0.25, 0.3) is 11.3 Å². The molecule has 0 saturated heterocycles. The highest BCUT2D eigenvalue weighted by atomic mass is 16.5. The van der Waals surface area contributed by atoms with Crippen LogP contribution in [0.1, 0.15) is 13.8 Å². The molecule has 2 aromatic rings. The highest BCUT2D eigenvalue weighted by Gasteiger charge is 2.07. The molecule has 0 aliphatic carbocycles. The average molecular weight is 229 g/mol. The summed E-state index contributed by atoms with van der Waals surface area (Å²) in [6.45, 7) is 3.95. The van der Waals surface area contributed by atoms with Crippen LogP contribution in [0.5, 0.6) is 5.75 Å². The standard InChI is InChI=1S/C14H15NO2/c1-10(2)17-14-6-4-3-5-12(14)13-9-11(16)7-8-15-13/h3-10H,1-2H3,(H,15,16). The predicted molar refractivity (Wildman–Crippen MR) is 68.3 cm³/mol. The van der Waals surface area contributed by atoms with Gasteiger partial charge in [-0.15, -0.1) is 0 Å². The molecule has 0 atom stereocenters. The predicted octanol–water partition coefficient (Wildman–Crippen LogP) is 2.83. The van der Waals surface area contributed by atoms with Gasteiger partial charge in [-0.3, -0.25) is 4.79 Å². The number of nitrogens with one attached hydrogen (secondary N) is 1. The molecule has 88 valence electrons. The molecule has 0 radical (unpaired) electrons. The molecule has 3 nitrogen and oxygen atoms in total. The lowest BCUT2D eigenvalue weighted by molar-refractivity contribution is 0.243. The van der Waals surface area contributed by atoms with Crippen LogP contribution in [-0.4, -0.2) is 11.1 Å². The second-order valence-electron chi connectivity index (χ2n) is 4.10. The molecule has 0 amide bonds. The number of ether oxygens (including phenoxy) is 1. The van der Waals surface area contributed by atoms with Gasteiger partial charge in [-0.2, -0.15) is 0 Å². The molecule has 1 aromatic heterocycles. The van der Waals surface area contributed by atoms with Crippen molar-refractivity contribution in [2.24, 2.45) is 0 Å². The summed E-state index contributed by atoms with van der Waals surface area (Å²) in [6.07, 6.45) is 1.75. The lowest BCUT2D eigenvalue weighted by atomic mass is 10.1. The van der Waals surface area contributed by atoms with Gasteiger partial charge in [-0.25, -0.2) is 0 Å². The molecule has 1 heterocycles. The van der Waals surface area contributed by atoms with Crippen LogP contribution in [-0.2, 0) is 0 Å². The highest BCUT2D eigenvalue weighted by Crippen LogP contribution is 2.28. The second kappa shape index (κ2) is 4.87. The van der Waals surface area contributed by atoms with E-state index in [1.54, 1.807) is 12.3 Å². The average Bonchev–Trinajstić information content (AvgIpc) is 2.29. The van der Waals surface area contributed by atoms with Crippen LogP contribution >= 0.6 is 0 Å². The Hall–Kier alpha value is -2.03. The lowest BCUT2D eigenvalue weighted by Crippen LogP contribution is -2.07. The number of aromatic nitrogens is 1. The molecule has 0 aliphatic rings. The molecule has 0 aliphatic heterocycles. The summed E-state index contributed by atoms with van der Waals surface area (Å²) in [5.41, 5.74) is 1.66. The van der Waals surface area contributed by atoms with E-state index in [2.05, 4.69) is 4.98 Å². The third kappa shape index (κ3) is 2.75. The van der Waals surface area contributed by atoms with Crippen molar-refractivity contribution in [1.29, 1.82) is 0 Å². The van der Waals surface area contributed by atoms with E-state index in [-0.39, 0.29) is 11.5 Å². The molecular formula is C14H15NO2. The first-order chi connectivity index (χ1) is 8.16. The smallest absolute Gasteiger partial charge is 0.182 e. The molecule has 2 rings (SSSR count). The van der Waals surface area contributed by atoms with Crippen molar-refractivity contribution in [3.63, 3.8) is 0 Å². The van der Waals surface area contributed by atoms with Gasteiger partial charge in [-0.05, 0) is 26.0 Å². The van der Waals surface area contributed by atoms with Crippen LogP contribution in [0.2, 0.25) is 0 Å². The van der Waals surface area contributed by atoms with Crippen molar-refractivity contribution < 1.29 is 4.74 Å². The fourth-order valence-electron chi connectivity index (χ4n) is 1.65. The van der Waals surface area contributed by atoms with Gasteiger partial charge in [0.05, 0.1) is 11.8 Å². The minimum atomic E-state index is -0.0156. The zero-order valence-electron chi connectivity index (χ0n) is 9.94. The van der Waals surface area contributed by atoms with Gasteiger partial charge in [0, 0.05) is 23.9 Å². The third-order valence-electron chi connectivity index (χ3n) is 2.31. The molecule has 0 unspecified atom stereocenters. The van der Waals surface area contributed by atoms with E-state index in [9.17, 15) is 4.79 Å². The first kappa shape index (κ1) is 11.5. The van der Waals surface area contributed by atoms with Crippen LogP contribution in [0, 0.1) is 0 Å². The van der Waals surface area contributed by atoms with Crippen molar-refractivity contribution >= 4 is 0 Å². The minimum Gasteiger partial charge on any atom is -0.490 e. The Morgan fingerprint density at radius 3 is 2.65 bits per heavy atom. The molecule has 17 heavy (non-hydrogen) atoms. The first-order valence-electron chi connectivity index (χ1n) is 5.61. The zero-order chi connectivity index (χ0) is 12.3. The van der Waals surface area contributed by atoms with Crippen LogP contribution in [0.3, 0.4) is 0 Å². The normalized spacial score (nSPS) is 10.5. The first-order valence-corrected chi connectivity index (χ1v) is 5.61. The van der Waals surface area contributed by atoms with Crippen molar-refractivity contribution in [2.45, 2.75) is 20.0 Å². The maximum absolute atomic E-state index is 11.3. The van der Waals surface area contributed by atoms with Gasteiger partial charge in [0.15, 0.2) is 5.43 Å². The molecule has 0 spiro atoms. The number of benzene rings is 1. The number of para-hydroxylation sites is 1. The number of H-pyrrole nitrogens is 1.